The molecule has 0 aromatic carbocycles. The molecule has 2 unspecified atom stereocenters. The molecule has 6 nitrogen and oxygen atoms in total. The summed E-state index contributed by atoms with van der Waals surface area (Å²) in [6.07, 6.45) is 0.901. The van der Waals surface area contributed by atoms with Crippen LogP contribution < -0.4 is 0 Å². The van der Waals surface area contributed by atoms with Gasteiger partial charge < -0.3 is 14.7 Å². The lowest BCUT2D eigenvalue weighted by atomic mass is 9.80. The standard InChI is InChI=1S/C17H30N2O4/c1-12-6-13(2)9-19(8-12)17(7-14(20)21)10-18(11-17)15(22)23-16(3,4)5/h12-13H,6-11H2,1-5H3,(H,20,21). The van der Waals surface area contributed by atoms with Gasteiger partial charge in [0.15, 0.2) is 0 Å². The number of hydrogen-bond acceptors (Lipinski definition) is 4. The first kappa shape index (κ1) is 18.0. The van der Waals surface area contributed by atoms with Crippen LogP contribution in [-0.4, -0.2) is 64.3 Å². The zero-order chi connectivity index (χ0) is 17.4. The summed E-state index contributed by atoms with van der Waals surface area (Å²) in [4.78, 5) is 27.4. The lowest BCUT2D eigenvalue weighted by molar-refractivity contribution is -0.148. The highest BCUT2D eigenvalue weighted by molar-refractivity contribution is 5.73. The van der Waals surface area contributed by atoms with E-state index in [1.807, 2.05) is 20.8 Å². The number of carboxylic acid groups (broad SMARTS) is 1. The minimum Gasteiger partial charge on any atom is -0.481 e. The number of ether oxygens (including phenoxy) is 1. The summed E-state index contributed by atoms with van der Waals surface area (Å²) >= 11 is 0. The van der Waals surface area contributed by atoms with Crippen LogP contribution in [0.2, 0.25) is 0 Å². The first-order valence-electron chi connectivity index (χ1n) is 8.45. The SMILES string of the molecule is CC1CC(C)CN(C2(CC(=O)O)CN(C(=O)OC(C)(C)C)C2)C1. The van der Waals surface area contributed by atoms with E-state index in [4.69, 9.17) is 4.74 Å². The maximum absolute atomic E-state index is 12.2. The molecule has 23 heavy (non-hydrogen) atoms. The molecule has 0 aliphatic carbocycles. The fourth-order valence-corrected chi connectivity index (χ4v) is 3.88. The minimum atomic E-state index is -0.806. The van der Waals surface area contributed by atoms with Gasteiger partial charge in [-0.15, -0.1) is 0 Å². The number of piperidine rings is 1. The molecule has 0 bridgehead atoms. The van der Waals surface area contributed by atoms with Crippen molar-refractivity contribution in [1.29, 1.82) is 0 Å². The second-order valence-electron chi connectivity index (χ2n) is 8.48. The molecule has 132 valence electrons. The molecule has 2 fully saturated rings. The first-order valence-corrected chi connectivity index (χ1v) is 8.45. The van der Waals surface area contributed by atoms with Crippen LogP contribution in [0.3, 0.4) is 0 Å². The van der Waals surface area contributed by atoms with Crippen molar-refractivity contribution in [3.8, 4) is 0 Å². The van der Waals surface area contributed by atoms with Crippen LogP contribution >= 0.6 is 0 Å². The summed E-state index contributed by atoms with van der Waals surface area (Å²) in [7, 11) is 0. The van der Waals surface area contributed by atoms with Crippen LogP contribution in [0.5, 0.6) is 0 Å². The van der Waals surface area contributed by atoms with Gasteiger partial charge in [-0.1, -0.05) is 13.8 Å². The van der Waals surface area contributed by atoms with E-state index in [1.165, 1.54) is 6.42 Å². The average Bonchev–Trinajstić information content (AvgIpc) is 2.29. The highest BCUT2D eigenvalue weighted by Gasteiger charge is 2.52. The van der Waals surface area contributed by atoms with Gasteiger partial charge >= 0.3 is 12.1 Å². The van der Waals surface area contributed by atoms with Crippen molar-refractivity contribution >= 4 is 12.1 Å². The predicted octanol–water partition coefficient (Wildman–Crippen LogP) is 2.43. The van der Waals surface area contributed by atoms with Gasteiger partial charge in [0.25, 0.3) is 0 Å². The third-order valence-electron chi connectivity index (χ3n) is 4.64. The number of amides is 1. The number of hydrogen-bond donors (Lipinski definition) is 1. The first-order chi connectivity index (χ1) is 10.5. The molecule has 2 heterocycles. The van der Waals surface area contributed by atoms with Gasteiger partial charge in [-0.2, -0.15) is 0 Å². The Kier molecular flexibility index (Phi) is 4.95. The van der Waals surface area contributed by atoms with Gasteiger partial charge in [-0.25, -0.2) is 4.79 Å². The zero-order valence-corrected chi connectivity index (χ0v) is 15.0. The Balaban J connectivity index is 2.06. The number of aliphatic carboxylic acids is 1. The smallest absolute Gasteiger partial charge is 0.410 e. The fourth-order valence-electron chi connectivity index (χ4n) is 3.88. The van der Waals surface area contributed by atoms with Gasteiger partial charge in [-0.3, -0.25) is 9.69 Å². The lowest BCUT2D eigenvalue weighted by Gasteiger charge is -2.57. The third-order valence-corrected chi connectivity index (χ3v) is 4.64. The number of nitrogens with zero attached hydrogens (tertiary/aromatic N) is 2. The molecule has 2 rings (SSSR count). The van der Waals surface area contributed by atoms with E-state index >= 15 is 0 Å². The third kappa shape index (κ3) is 4.37. The van der Waals surface area contributed by atoms with E-state index in [1.54, 1.807) is 4.90 Å². The maximum atomic E-state index is 12.2. The molecule has 1 N–H and O–H groups in total. The van der Waals surface area contributed by atoms with E-state index in [9.17, 15) is 14.7 Å². The number of carbonyl (C=O) groups is 2. The number of likely N-dealkylation sites (tertiary alicyclic amines) is 2. The molecule has 0 spiro atoms. The van der Waals surface area contributed by atoms with Crippen molar-refractivity contribution in [3.05, 3.63) is 0 Å². The Morgan fingerprint density at radius 2 is 1.70 bits per heavy atom. The summed E-state index contributed by atoms with van der Waals surface area (Å²) in [5.74, 6) is 0.305. The predicted molar refractivity (Wildman–Crippen MR) is 87.3 cm³/mol. The molecule has 0 saturated carbocycles. The average molecular weight is 326 g/mol. The van der Waals surface area contributed by atoms with Crippen molar-refractivity contribution in [1.82, 2.24) is 9.80 Å². The van der Waals surface area contributed by atoms with Gasteiger partial charge in [-0.05, 0) is 39.0 Å². The van der Waals surface area contributed by atoms with E-state index < -0.39 is 17.1 Å². The van der Waals surface area contributed by atoms with E-state index in [-0.39, 0.29) is 12.5 Å². The monoisotopic (exact) mass is 326 g/mol. The molecule has 2 aliphatic rings. The quantitative estimate of drug-likeness (QED) is 0.862. The molecule has 2 saturated heterocycles. The summed E-state index contributed by atoms with van der Waals surface area (Å²) < 4.78 is 5.39. The van der Waals surface area contributed by atoms with Gasteiger partial charge in [0.1, 0.15) is 5.60 Å². The number of rotatable bonds is 3. The van der Waals surface area contributed by atoms with Crippen LogP contribution in [0.1, 0.15) is 47.5 Å². The topological polar surface area (TPSA) is 70.1 Å². The van der Waals surface area contributed by atoms with Gasteiger partial charge in [0.2, 0.25) is 0 Å². The van der Waals surface area contributed by atoms with Crippen molar-refractivity contribution in [3.63, 3.8) is 0 Å². The van der Waals surface area contributed by atoms with Crippen LogP contribution in [0.15, 0.2) is 0 Å². The molecule has 0 radical (unpaired) electrons. The van der Waals surface area contributed by atoms with Crippen LogP contribution in [-0.2, 0) is 9.53 Å². The summed E-state index contributed by atoms with van der Waals surface area (Å²) in [6, 6.07) is 0. The molecule has 0 aromatic rings. The molecule has 2 atom stereocenters. The van der Waals surface area contributed by atoms with Crippen molar-refractivity contribution < 1.29 is 19.4 Å². The largest absolute Gasteiger partial charge is 0.481 e. The molecule has 6 heteroatoms. The molecule has 0 aromatic heterocycles. The minimum absolute atomic E-state index is 0.0751. The van der Waals surface area contributed by atoms with Crippen molar-refractivity contribution in [2.24, 2.45) is 11.8 Å². The summed E-state index contributed by atoms with van der Waals surface area (Å²) in [6.45, 7) is 12.6. The Morgan fingerprint density at radius 1 is 1.17 bits per heavy atom. The highest BCUT2D eigenvalue weighted by atomic mass is 16.6. The molecule has 1 amide bonds. The normalized spacial score (nSPS) is 28.1. The molecule has 2 aliphatic heterocycles. The fraction of sp³-hybridized carbons (Fsp3) is 0.882. The molecular formula is C17H30N2O4. The second-order valence-corrected chi connectivity index (χ2v) is 8.48. The lowest BCUT2D eigenvalue weighted by Crippen LogP contribution is -2.73. The Bertz CT molecular complexity index is 456. The highest BCUT2D eigenvalue weighted by Crippen LogP contribution is 2.36. The zero-order valence-electron chi connectivity index (χ0n) is 15.0. The van der Waals surface area contributed by atoms with E-state index in [2.05, 4.69) is 18.7 Å². The van der Waals surface area contributed by atoms with Crippen molar-refractivity contribution in [2.45, 2.75) is 58.6 Å². The van der Waals surface area contributed by atoms with E-state index in [0.29, 0.717) is 24.9 Å². The van der Waals surface area contributed by atoms with Gasteiger partial charge in [0, 0.05) is 26.2 Å². The van der Waals surface area contributed by atoms with Crippen LogP contribution in [0.4, 0.5) is 4.79 Å². The number of carboxylic acids is 1. The van der Waals surface area contributed by atoms with Crippen LogP contribution in [0.25, 0.3) is 0 Å². The number of carbonyl (C=O) groups excluding carboxylic acids is 1. The van der Waals surface area contributed by atoms with E-state index in [0.717, 1.165) is 13.1 Å². The summed E-state index contributed by atoms with van der Waals surface area (Å²) in [5, 5.41) is 9.33. The van der Waals surface area contributed by atoms with Crippen LogP contribution in [0, 0.1) is 11.8 Å². The molecular weight excluding hydrogens is 296 g/mol. The Morgan fingerprint density at radius 3 is 2.13 bits per heavy atom. The Hall–Kier alpha value is -1.30. The second kappa shape index (κ2) is 6.30. The summed E-state index contributed by atoms with van der Waals surface area (Å²) in [5.41, 5.74) is -0.970. The Labute approximate surface area is 138 Å². The van der Waals surface area contributed by atoms with Crippen molar-refractivity contribution in [2.75, 3.05) is 26.2 Å². The maximum Gasteiger partial charge on any atom is 0.410 e. The van der Waals surface area contributed by atoms with Gasteiger partial charge in [0.05, 0.1) is 12.0 Å².